The molecule has 1 saturated heterocycles. The number of aromatic nitrogens is 1. The van der Waals surface area contributed by atoms with Gasteiger partial charge in [-0.2, -0.15) is 0 Å². The van der Waals surface area contributed by atoms with Gasteiger partial charge >= 0.3 is 0 Å². The second kappa shape index (κ2) is 6.99. The van der Waals surface area contributed by atoms with Crippen molar-refractivity contribution in [1.82, 2.24) is 10.3 Å². The van der Waals surface area contributed by atoms with Crippen molar-refractivity contribution in [3.8, 4) is 0 Å². The highest BCUT2D eigenvalue weighted by atomic mass is 19.1. The number of carbonyl (C=O) groups excluding carboxylic acids is 1. The van der Waals surface area contributed by atoms with E-state index in [1.54, 1.807) is 12.1 Å². The summed E-state index contributed by atoms with van der Waals surface area (Å²) in [5.74, 6) is -0.386. The summed E-state index contributed by atoms with van der Waals surface area (Å²) in [6.07, 6.45) is 1.81. The number of nitrogens with one attached hydrogen (secondary N) is 1. The van der Waals surface area contributed by atoms with Crippen molar-refractivity contribution in [2.75, 3.05) is 18.0 Å². The summed E-state index contributed by atoms with van der Waals surface area (Å²) in [7, 11) is 0. The molecule has 0 radical (unpaired) electrons. The Bertz CT molecular complexity index is 747. The van der Waals surface area contributed by atoms with Crippen LogP contribution in [0.1, 0.15) is 34.6 Å². The standard InChI is InChI=1S/C19H22FN3O/c1-13-8-9-16(20)18(11-13)23-10-4-6-15(12-23)22-19(24)17-7-3-5-14(2)21-17/h3,5,7-9,11,15H,4,6,10,12H2,1-2H3,(H,22,24). The third kappa shape index (κ3) is 3.72. The number of halogens is 1. The first-order valence-electron chi connectivity index (χ1n) is 8.28. The van der Waals surface area contributed by atoms with Gasteiger partial charge in [0.25, 0.3) is 5.91 Å². The molecule has 5 heteroatoms. The lowest BCUT2D eigenvalue weighted by atomic mass is 10.0. The zero-order chi connectivity index (χ0) is 17.1. The number of rotatable bonds is 3. The Morgan fingerprint density at radius 1 is 1.29 bits per heavy atom. The average Bonchev–Trinajstić information content (AvgIpc) is 2.57. The van der Waals surface area contributed by atoms with Crippen LogP contribution in [0.5, 0.6) is 0 Å². The normalized spacial score (nSPS) is 17.6. The van der Waals surface area contributed by atoms with E-state index in [1.807, 2.05) is 36.9 Å². The number of aryl methyl sites for hydroxylation is 2. The fourth-order valence-electron chi connectivity index (χ4n) is 3.11. The first-order valence-corrected chi connectivity index (χ1v) is 8.28. The molecule has 1 aliphatic rings. The highest BCUT2D eigenvalue weighted by molar-refractivity contribution is 5.92. The molecule has 0 saturated carbocycles. The van der Waals surface area contributed by atoms with Crippen molar-refractivity contribution >= 4 is 11.6 Å². The molecule has 1 N–H and O–H groups in total. The molecule has 2 heterocycles. The van der Waals surface area contributed by atoms with Crippen molar-refractivity contribution in [1.29, 1.82) is 0 Å². The number of piperidine rings is 1. The number of anilines is 1. The summed E-state index contributed by atoms with van der Waals surface area (Å²) in [4.78, 5) is 18.6. The molecule has 1 aromatic heterocycles. The van der Waals surface area contributed by atoms with Crippen molar-refractivity contribution in [2.45, 2.75) is 32.7 Å². The lowest BCUT2D eigenvalue weighted by Gasteiger charge is -2.35. The van der Waals surface area contributed by atoms with Crippen LogP contribution in [-0.4, -0.2) is 30.0 Å². The molecule has 2 aromatic rings. The fourth-order valence-corrected chi connectivity index (χ4v) is 3.11. The maximum absolute atomic E-state index is 14.1. The molecule has 1 aromatic carbocycles. The van der Waals surface area contributed by atoms with Gasteiger partial charge < -0.3 is 10.2 Å². The van der Waals surface area contributed by atoms with Gasteiger partial charge in [0.05, 0.1) is 5.69 Å². The summed E-state index contributed by atoms with van der Waals surface area (Å²) in [6, 6.07) is 10.5. The van der Waals surface area contributed by atoms with Gasteiger partial charge in [-0.3, -0.25) is 4.79 Å². The monoisotopic (exact) mass is 327 g/mol. The van der Waals surface area contributed by atoms with E-state index in [-0.39, 0.29) is 17.8 Å². The van der Waals surface area contributed by atoms with Gasteiger partial charge in [-0.05, 0) is 56.5 Å². The van der Waals surface area contributed by atoms with E-state index in [9.17, 15) is 9.18 Å². The molecular weight excluding hydrogens is 305 g/mol. The maximum atomic E-state index is 14.1. The van der Waals surface area contributed by atoms with Crippen LogP contribution < -0.4 is 10.2 Å². The minimum Gasteiger partial charge on any atom is -0.367 e. The van der Waals surface area contributed by atoms with Crippen LogP contribution in [0.3, 0.4) is 0 Å². The lowest BCUT2D eigenvalue weighted by molar-refractivity contribution is 0.0928. The van der Waals surface area contributed by atoms with Crippen LogP contribution in [0.25, 0.3) is 0 Å². The molecule has 4 nitrogen and oxygen atoms in total. The topological polar surface area (TPSA) is 45.2 Å². The highest BCUT2D eigenvalue weighted by Gasteiger charge is 2.24. The number of carbonyl (C=O) groups is 1. The molecule has 0 aliphatic carbocycles. The molecular formula is C19H22FN3O. The summed E-state index contributed by atoms with van der Waals surface area (Å²) < 4.78 is 14.1. The number of hydrogen-bond acceptors (Lipinski definition) is 3. The SMILES string of the molecule is Cc1ccc(F)c(N2CCCC(NC(=O)c3cccc(C)n3)C2)c1. The lowest BCUT2D eigenvalue weighted by Crippen LogP contribution is -2.48. The Morgan fingerprint density at radius 3 is 2.92 bits per heavy atom. The van der Waals surface area contributed by atoms with E-state index < -0.39 is 0 Å². The predicted octanol–water partition coefficient (Wildman–Crippen LogP) is 3.24. The second-order valence-corrected chi connectivity index (χ2v) is 6.38. The Hall–Kier alpha value is -2.43. The number of benzene rings is 1. The summed E-state index contributed by atoms with van der Waals surface area (Å²) >= 11 is 0. The first-order chi connectivity index (χ1) is 11.5. The zero-order valence-corrected chi connectivity index (χ0v) is 14.1. The van der Waals surface area contributed by atoms with Gasteiger partial charge in [0.2, 0.25) is 0 Å². The Labute approximate surface area is 141 Å². The minimum atomic E-state index is -0.215. The van der Waals surface area contributed by atoms with E-state index in [1.165, 1.54) is 6.07 Å². The second-order valence-electron chi connectivity index (χ2n) is 6.38. The molecule has 0 bridgehead atoms. The number of amides is 1. The van der Waals surface area contributed by atoms with Crippen LogP contribution in [0, 0.1) is 19.7 Å². The van der Waals surface area contributed by atoms with Crippen LogP contribution in [0.2, 0.25) is 0 Å². The third-order valence-corrected chi connectivity index (χ3v) is 4.32. The van der Waals surface area contributed by atoms with E-state index in [4.69, 9.17) is 0 Å². The van der Waals surface area contributed by atoms with Crippen molar-refractivity contribution < 1.29 is 9.18 Å². The van der Waals surface area contributed by atoms with Crippen molar-refractivity contribution in [3.63, 3.8) is 0 Å². The van der Waals surface area contributed by atoms with Gasteiger partial charge in [0, 0.05) is 24.8 Å². The molecule has 1 aliphatic heterocycles. The molecule has 24 heavy (non-hydrogen) atoms. The number of hydrogen-bond donors (Lipinski definition) is 1. The van der Waals surface area contributed by atoms with E-state index >= 15 is 0 Å². The quantitative estimate of drug-likeness (QED) is 0.941. The van der Waals surface area contributed by atoms with Gasteiger partial charge in [0.15, 0.2) is 0 Å². The fraction of sp³-hybridized carbons (Fsp3) is 0.368. The van der Waals surface area contributed by atoms with E-state index in [0.717, 1.165) is 30.6 Å². The third-order valence-electron chi connectivity index (χ3n) is 4.32. The smallest absolute Gasteiger partial charge is 0.270 e. The molecule has 1 fully saturated rings. The zero-order valence-electron chi connectivity index (χ0n) is 14.1. The average molecular weight is 327 g/mol. The summed E-state index contributed by atoms with van der Waals surface area (Å²) in [6.45, 7) is 5.22. The van der Waals surface area contributed by atoms with Crippen LogP contribution in [-0.2, 0) is 0 Å². The summed E-state index contributed by atoms with van der Waals surface area (Å²) in [5.41, 5.74) is 2.88. The first kappa shape index (κ1) is 16.4. The van der Waals surface area contributed by atoms with Crippen LogP contribution in [0.15, 0.2) is 36.4 Å². The maximum Gasteiger partial charge on any atom is 0.270 e. The van der Waals surface area contributed by atoms with Crippen molar-refractivity contribution in [3.05, 3.63) is 59.2 Å². The van der Waals surface area contributed by atoms with Crippen LogP contribution >= 0.6 is 0 Å². The van der Waals surface area contributed by atoms with Crippen molar-refractivity contribution in [2.24, 2.45) is 0 Å². The number of nitrogens with zero attached hydrogens (tertiary/aromatic N) is 2. The van der Waals surface area contributed by atoms with Gasteiger partial charge in [-0.15, -0.1) is 0 Å². The number of pyridine rings is 1. The van der Waals surface area contributed by atoms with E-state index in [0.29, 0.717) is 17.9 Å². The van der Waals surface area contributed by atoms with Crippen LogP contribution in [0.4, 0.5) is 10.1 Å². The molecule has 3 rings (SSSR count). The Balaban J connectivity index is 1.69. The minimum absolute atomic E-state index is 0.00604. The molecule has 1 unspecified atom stereocenters. The highest BCUT2D eigenvalue weighted by Crippen LogP contribution is 2.24. The van der Waals surface area contributed by atoms with Gasteiger partial charge in [0.1, 0.15) is 11.5 Å². The van der Waals surface area contributed by atoms with Gasteiger partial charge in [-0.25, -0.2) is 9.37 Å². The molecule has 126 valence electrons. The molecule has 0 spiro atoms. The summed E-state index contributed by atoms with van der Waals surface area (Å²) in [5, 5.41) is 3.03. The van der Waals surface area contributed by atoms with E-state index in [2.05, 4.69) is 10.3 Å². The predicted molar refractivity (Wildman–Crippen MR) is 92.8 cm³/mol. The Kier molecular flexibility index (Phi) is 4.79. The largest absolute Gasteiger partial charge is 0.367 e. The Morgan fingerprint density at radius 2 is 2.12 bits per heavy atom. The van der Waals surface area contributed by atoms with Gasteiger partial charge in [-0.1, -0.05) is 12.1 Å². The molecule has 1 amide bonds. The molecule has 1 atom stereocenters.